The van der Waals surface area contributed by atoms with E-state index in [1.807, 2.05) is 0 Å². The summed E-state index contributed by atoms with van der Waals surface area (Å²) in [6.45, 7) is -1.19. The van der Waals surface area contributed by atoms with Gasteiger partial charge in [-0.2, -0.15) is 13.9 Å². The topological polar surface area (TPSA) is 120 Å². The van der Waals surface area contributed by atoms with Crippen molar-refractivity contribution in [3.8, 4) is 5.88 Å². The summed E-state index contributed by atoms with van der Waals surface area (Å²) in [5, 5.41) is 8.30. The molecule has 0 aliphatic heterocycles. The molecule has 4 rings (SSSR count). The molecule has 0 fully saturated rings. The second-order valence-electron chi connectivity index (χ2n) is 7.22. The van der Waals surface area contributed by atoms with Gasteiger partial charge in [-0.05, 0) is 59.3 Å². The van der Waals surface area contributed by atoms with E-state index < -0.39 is 12.7 Å². The zero-order valence-electron chi connectivity index (χ0n) is 17.8. The quantitative estimate of drug-likeness (QED) is 0.378. The van der Waals surface area contributed by atoms with Gasteiger partial charge in [0, 0.05) is 29.4 Å². The Bertz CT molecular complexity index is 1310. The fraction of sp³-hybridized carbons (Fsp3) is 0.182. The van der Waals surface area contributed by atoms with Gasteiger partial charge in [-0.1, -0.05) is 0 Å². The molecule has 3 heterocycles. The van der Waals surface area contributed by atoms with E-state index in [0.717, 1.165) is 5.39 Å². The van der Waals surface area contributed by atoms with Crippen LogP contribution in [0.3, 0.4) is 0 Å². The highest BCUT2D eigenvalue weighted by atomic mass is 79.9. The molecule has 1 atom stereocenters. The summed E-state index contributed by atoms with van der Waals surface area (Å²) in [5.41, 5.74) is 7.26. The third-order valence-electron chi connectivity index (χ3n) is 4.97. The van der Waals surface area contributed by atoms with Crippen LogP contribution in [0.1, 0.15) is 34.8 Å². The van der Waals surface area contributed by atoms with Crippen LogP contribution < -0.4 is 10.5 Å². The Balaban J connectivity index is 1.68. The molecule has 0 bridgehead atoms. The fourth-order valence-electron chi connectivity index (χ4n) is 3.28. The van der Waals surface area contributed by atoms with Crippen molar-refractivity contribution in [2.45, 2.75) is 26.1 Å². The number of anilines is 1. The lowest BCUT2D eigenvalue weighted by Crippen LogP contribution is -2.34. The number of aromatic nitrogens is 5. The zero-order valence-corrected chi connectivity index (χ0v) is 19.4. The number of rotatable bonds is 7. The van der Waals surface area contributed by atoms with Gasteiger partial charge < -0.3 is 15.4 Å². The maximum Gasteiger partial charge on any atom is 0.388 e. The monoisotopic (exact) mass is 529 g/mol. The molecule has 3 aromatic heterocycles. The number of nitrogen functional groups attached to an aromatic ring is 1. The highest BCUT2D eigenvalue weighted by Gasteiger charge is 2.26. The second-order valence-corrected chi connectivity index (χ2v) is 8.07. The van der Waals surface area contributed by atoms with Crippen molar-refractivity contribution in [3.05, 3.63) is 76.4 Å². The number of nitrogens with zero attached hydrogens (tertiary/aromatic N) is 6. The summed E-state index contributed by atoms with van der Waals surface area (Å²) in [6.07, 6.45) is 3.17. The SMILES string of the molecule is CC(c1ncccn1)N(Cc1ccc(OC(F)F)nn1)C(=O)c1ccc2nc(N)c(Br)cc2c1. The molecule has 0 saturated heterocycles. The molecule has 0 spiro atoms. The molecular formula is C22H18BrF2N7O2. The van der Waals surface area contributed by atoms with Gasteiger partial charge in [-0.3, -0.25) is 4.79 Å². The molecule has 4 aromatic rings. The molecule has 174 valence electrons. The lowest BCUT2D eigenvalue weighted by Gasteiger charge is -2.28. The summed E-state index contributed by atoms with van der Waals surface area (Å²) in [6, 6.07) is 10.7. The number of alkyl halides is 2. The lowest BCUT2D eigenvalue weighted by atomic mass is 10.1. The van der Waals surface area contributed by atoms with Gasteiger partial charge in [0.05, 0.1) is 28.3 Å². The Morgan fingerprint density at radius 1 is 1.15 bits per heavy atom. The van der Waals surface area contributed by atoms with Gasteiger partial charge in [0.25, 0.3) is 5.91 Å². The number of amides is 1. The number of nitrogens with two attached hydrogens (primary N) is 1. The third kappa shape index (κ3) is 5.22. The van der Waals surface area contributed by atoms with Crippen LogP contribution >= 0.6 is 15.9 Å². The molecule has 1 aromatic carbocycles. The Morgan fingerprint density at radius 2 is 1.91 bits per heavy atom. The van der Waals surface area contributed by atoms with Gasteiger partial charge in [-0.25, -0.2) is 15.0 Å². The number of benzene rings is 1. The van der Waals surface area contributed by atoms with Crippen LogP contribution in [0.25, 0.3) is 10.9 Å². The van der Waals surface area contributed by atoms with Crippen LogP contribution in [0.5, 0.6) is 5.88 Å². The molecular weight excluding hydrogens is 512 g/mol. The van der Waals surface area contributed by atoms with Gasteiger partial charge in [0.2, 0.25) is 5.88 Å². The summed E-state index contributed by atoms with van der Waals surface area (Å²) in [5.74, 6) is 0.146. The van der Waals surface area contributed by atoms with E-state index in [0.29, 0.717) is 32.9 Å². The highest BCUT2D eigenvalue weighted by Crippen LogP contribution is 2.26. The largest absolute Gasteiger partial charge is 0.415 e. The molecule has 1 amide bonds. The van der Waals surface area contributed by atoms with Crippen LogP contribution in [-0.4, -0.2) is 42.6 Å². The number of fused-ring (bicyclic) bond motifs is 1. The fourth-order valence-corrected chi connectivity index (χ4v) is 3.61. The van der Waals surface area contributed by atoms with Crippen molar-refractivity contribution in [1.82, 2.24) is 30.0 Å². The van der Waals surface area contributed by atoms with E-state index in [9.17, 15) is 13.6 Å². The maximum atomic E-state index is 13.6. The van der Waals surface area contributed by atoms with Gasteiger partial charge in [-0.15, -0.1) is 5.10 Å². The van der Waals surface area contributed by atoms with E-state index in [1.54, 1.807) is 49.6 Å². The average Bonchev–Trinajstić information content (AvgIpc) is 2.83. The van der Waals surface area contributed by atoms with Crippen LogP contribution in [0, 0.1) is 0 Å². The van der Waals surface area contributed by atoms with Crippen LogP contribution in [0.4, 0.5) is 14.6 Å². The van der Waals surface area contributed by atoms with Crippen LogP contribution in [0.2, 0.25) is 0 Å². The number of pyridine rings is 1. The standard InChI is InChI=1S/C22H18BrF2N7O2/c1-12(20-27-7-2-8-28-20)32(11-15-4-6-18(31-30-15)34-22(24)25)21(33)13-3-5-17-14(9-13)10-16(23)19(26)29-17/h2-10,12,22H,11H2,1H3,(H2,26,29). The normalized spacial score (nSPS) is 12.0. The third-order valence-corrected chi connectivity index (χ3v) is 5.60. The van der Waals surface area contributed by atoms with Crippen molar-refractivity contribution in [3.63, 3.8) is 0 Å². The lowest BCUT2D eigenvalue weighted by molar-refractivity contribution is -0.0534. The number of hydrogen-bond acceptors (Lipinski definition) is 8. The minimum Gasteiger partial charge on any atom is -0.415 e. The Labute approximate surface area is 201 Å². The summed E-state index contributed by atoms with van der Waals surface area (Å²) < 4.78 is 29.7. The van der Waals surface area contributed by atoms with Crippen molar-refractivity contribution in [1.29, 1.82) is 0 Å². The van der Waals surface area contributed by atoms with Crippen molar-refractivity contribution in [2.24, 2.45) is 0 Å². The number of halogens is 3. The predicted octanol–water partition coefficient (Wildman–Crippen LogP) is 4.16. The second kappa shape index (κ2) is 10.00. The molecule has 34 heavy (non-hydrogen) atoms. The number of carbonyl (C=O) groups excluding carboxylic acids is 1. The van der Waals surface area contributed by atoms with E-state index >= 15 is 0 Å². The molecule has 12 heteroatoms. The van der Waals surface area contributed by atoms with Gasteiger partial charge in [0.1, 0.15) is 11.6 Å². The Morgan fingerprint density at radius 3 is 2.59 bits per heavy atom. The molecule has 1 unspecified atom stereocenters. The van der Waals surface area contributed by atoms with E-state index in [2.05, 4.69) is 45.8 Å². The molecule has 0 aliphatic rings. The highest BCUT2D eigenvalue weighted by molar-refractivity contribution is 9.10. The van der Waals surface area contributed by atoms with Crippen molar-refractivity contribution < 1.29 is 18.3 Å². The molecule has 2 N–H and O–H groups in total. The predicted molar refractivity (Wildman–Crippen MR) is 123 cm³/mol. The van der Waals surface area contributed by atoms with E-state index in [-0.39, 0.29) is 18.3 Å². The van der Waals surface area contributed by atoms with E-state index in [4.69, 9.17) is 5.73 Å². The first-order valence-electron chi connectivity index (χ1n) is 10.0. The smallest absolute Gasteiger partial charge is 0.388 e. The Kier molecular flexibility index (Phi) is 6.87. The first-order chi connectivity index (χ1) is 16.3. The zero-order chi connectivity index (χ0) is 24.2. The summed E-state index contributed by atoms with van der Waals surface area (Å²) in [7, 11) is 0. The maximum absolute atomic E-state index is 13.6. The van der Waals surface area contributed by atoms with E-state index in [1.165, 1.54) is 17.0 Å². The number of ether oxygens (including phenoxy) is 1. The van der Waals surface area contributed by atoms with Gasteiger partial charge in [0.15, 0.2) is 0 Å². The minimum atomic E-state index is -3.01. The van der Waals surface area contributed by atoms with Gasteiger partial charge >= 0.3 is 6.61 Å². The summed E-state index contributed by atoms with van der Waals surface area (Å²) in [4.78, 5) is 28.0. The molecule has 0 saturated carbocycles. The summed E-state index contributed by atoms with van der Waals surface area (Å²) >= 11 is 3.35. The first-order valence-corrected chi connectivity index (χ1v) is 10.8. The molecule has 9 nitrogen and oxygen atoms in total. The number of carbonyl (C=O) groups is 1. The average molecular weight is 530 g/mol. The molecule has 0 aliphatic carbocycles. The van der Waals surface area contributed by atoms with Crippen molar-refractivity contribution >= 4 is 38.6 Å². The Hall–Kier alpha value is -3.80. The molecule has 0 radical (unpaired) electrons. The first kappa shape index (κ1) is 23.4. The van der Waals surface area contributed by atoms with Crippen LogP contribution in [0.15, 0.2) is 59.3 Å². The minimum absolute atomic E-state index is 0.0297. The number of hydrogen-bond donors (Lipinski definition) is 1. The van der Waals surface area contributed by atoms with Crippen molar-refractivity contribution in [2.75, 3.05) is 5.73 Å². The van der Waals surface area contributed by atoms with Crippen LogP contribution in [-0.2, 0) is 6.54 Å².